The number of ether oxygens (including phenoxy) is 2. The maximum absolute atomic E-state index is 12.1. The quantitative estimate of drug-likeness (QED) is 0.0591. The van der Waals surface area contributed by atoms with Crippen LogP contribution < -0.4 is 0 Å². The van der Waals surface area contributed by atoms with E-state index < -0.39 is 6.10 Å². The van der Waals surface area contributed by atoms with Crippen LogP contribution in [0.15, 0.2) is 0 Å². The Kier molecular flexibility index (Phi) is 31.5. The first-order valence-corrected chi connectivity index (χ1v) is 18.8. The van der Waals surface area contributed by atoms with Crippen molar-refractivity contribution in [1.82, 2.24) is 0 Å². The molecule has 0 aromatic rings. The summed E-state index contributed by atoms with van der Waals surface area (Å²) in [6, 6.07) is 0. The first-order valence-electron chi connectivity index (χ1n) is 18.8. The maximum atomic E-state index is 12.1. The van der Waals surface area contributed by atoms with Gasteiger partial charge in [0.15, 0.2) is 6.10 Å². The number of carbonyl (C=O) groups is 2. The lowest BCUT2D eigenvalue weighted by atomic mass is 10.0. The Labute approximate surface area is 268 Å². The first-order chi connectivity index (χ1) is 20.8. The number of hydrogen-bond acceptors (Lipinski definition) is 5. The third kappa shape index (κ3) is 33.6. The minimum atomic E-state index is -0.762. The van der Waals surface area contributed by atoms with Gasteiger partial charge >= 0.3 is 11.9 Å². The Balaban J connectivity index is 3.49. The molecule has 0 bridgehead atoms. The highest BCUT2D eigenvalue weighted by Gasteiger charge is 2.16. The van der Waals surface area contributed by atoms with Gasteiger partial charge in [0.25, 0.3) is 0 Å². The standard InChI is InChI=1S/C38H74O5/c1-34(2)28-24-20-16-13-11-9-7-5-6-8-10-12-14-18-23-27-31-38(41)43-36(32-39)33-42-37(40)30-26-22-19-15-17-21-25-29-35(3)4/h34-36,39H,5-33H2,1-4H3/t36-/m0/s1. The fourth-order valence-electron chi connectivity index (χ4n) is 5.63. The van der Waals surface area contributed by atoms with Crippen molar-refractivity contribution in [2.24, 2.45) is 11.8 Å². The maximum Gasteiger partial charge on any atom is 0.306 e. The van der Waals surface area contributed by atoms with E-state index in [4.69, 9.17) is 9.47 Å². The summed E-state index contributed by atoms with van der Waals surface area (Å²) >= 11 is 0. The van der Waals surface area contributed by atoms with Gasteiger partial charge in [0, 0.05) is 12.8 Å². The molecule has 0 saturated heterocycles. The van der Waals surface area contributed by atoms with Gasteiger partial charge in [-0.15, -0.1) is 0 Å². The van der Waals surface area contributed by atoms with Gasteiger partial charge in [-0.05, 0) is 24.7 Å². The van der Waals surface area contributed by atoms with E-state index in [2.05, 4.69) is 27.7 Å². The SMILES string of the molecule is CC(C)CCCCCCCCCCCCCCCCCCC(=O)O[C@@H](CO)COC(=O)CCCCCCCCCC(C)C. The van der Waals surface area contributed by atoms with Crippen LogP contribution in [0.3, 0.4) is 0 Å². The molecule has 5 nitrogen and oxygen atoms in total. The van der Waals surface area contributed by atoms with E-state index in [1.165, 1.54) is 122 Å². The highest BCUT2D eigenvalue weighted by Crippen LogP contribution is 2.16. The second-order valence-electron chi connectivity index (χ2n) is 14.0. The lowest BCUT2D eigenvalue weighted by molar-refractivity contribution is -0.161. The van der Waals surface area contributed by atoms with Crippen molar-refractivity contribution in [2.45, 2.75) is 207 Å². The van der Waals surface area contributed by atoms with Crippen LogP contribution in [0.2, 0.25) is 0 Å². The summed E-state index contributed by atoms with van der Waals surface area (Å²) in [4.78, 5) is 24.1. The molecule has 5 heteroatoms. The van der Waals surface area contributed by atoms with E-state index in [0.717, 1.165) is 50.4 Å². The van der Waals surface area contributed by atoms with E-state index in [1.807, 2.05) is 0 Å². The number of rotatable bonds is 33. The zero-order valence-electron chi connectivity index (χ0n) is 29.3. The fraction of sp³-hybridized carbons (Fsp3) is 0.947. The first kappa shape index (κ1) is 41.9. The molecule has 43 heavy (non-hydrogen) atoms. The molecular weight excluding hydrogens is 536 g/mol. The van der Waals surface area contributed by atoms with Crippen molar-refractivity contribution in [1.29, 1.82) is 0 Å². The summed E-state index contributed by atoms with van der Waals surface area (Å²) in [5, 5.41) is 9.52. The molecule has 0 unspecified atom stereocenters. The van der Waals surface area contributed by atoms with Gasteiger partial charge in [0.05, 0.1) is 6.61 Å². The van der Waals surface area contributed by atoms with E-state index in [-0.39, 0.29) is 25.2 Å². The Bertz CT molecular complexity index is 603. The number of esters is 2. The number of unbranched alkanes of at least 4 members (excludes halogenated alkanes) is 21. The molecule has 0 aliphatic carbocycles. The average Bonchev–Trinajstić information content (AvgIpc) is 2.97. The third-order valence-electron chi connectivity index (χ3n) is 8.51. The lowest BCUT2D eigenvalue weighted by Gasteiger charge is -2.15. The number of carbonyl (C=O) groups excluding carboxylic acids is 2. The minimum Gasteiger partial charge on any atom is -0.462 e. The Hall–Kier alpha value is -1.10. The summed E-state index contributed by atoms with van der Waals surface area (Å²) < 4.78 is 10.6. The molecule has 0 aromatic heterocycles. The Morgan fingerprint density at radius 3 is 1.09 bits per heavy atom. The molecule has 0 aliphatic heterocycles. The van der Waals surface area contributed by atoms with Gasteiger partial charge in [-0.2, -0.15) is 0 Å². The van der Waals surface area contributed by atoms with Gasteiger partial charge in [-0.1, -0.05) is 175 Å². The molecule has 0 saturated carbocycles. The molecular formula is C38H74O5. The van der Waals surface area contributed by atoms with Gasteiger partial charge in [-0.25, -0.2) is 0 Å². The van der Waals surface area contributed by atoms with Crippen molar-refractivity contribution >= 4 is 11.9 Å². The van der Waals surface area contributed by atoms with Crippen molar-refractivity contribution in [3.63, 3.8) is 0 Å². The van der Waals surface area contributed by atoms with Crippen LogP contribution in [-0.4, -0.2) is 36.4 Å². The highest BCUT2D eigenvalue weighted by atomic mass is 16.6. The Morgan fingerprint density at radius 2 is 0.767 bits per heavy atom. The number of aliphatic hydroxyl groups excluding tert-OH is 1. The van der Waals surface area contributed by atoms with Gasteiger partial charge in [0.1, 0.15) is 6.61 Å². The molecule has 0 fully saturated rings. The van der Waals surface area contributed by atoms with Crippen LogP contribution in [0.5, 0.6) is 0 Å². The van der Waals surface area contributed by atoms with Crippen molar-refractivity contribution in [2.75, 3.05) is 13.2 Å². The summed E-state index contributed by atoms with van der Waals surface area (Å²) in [5.74, 6) is 1.07. The van der Waals surface area contributed by atoms with E-state index >= 15 is 0 Å². The molecule has 0 spiro atoms. The van der Waals surface area contributed by atoms with Crippen LogP contribution in [0.1, 0.15) is 201 Å². The summed E-state index contributed by atoms with van der Waals surface area (Å²) in [5.41, 5.74) is 0. The van der Waals surface area contributed by atoms with Crippen molar-refractivity contribution in [3.05, 3.63) is 0 Å². The zero-order valence-corrected chi connectivity index (χ0v) is 29.3. The molecule has 0 amide bonds. The van der Waals surface area contributed by atoms with E-state index in [9.17, 15) is 14.7 Å². The van der Waals surface area contributed by atoms with E-state index in [1.54, 1.807) is 0 Å². The molecule has 0 aromatic carbocycles. The topological polar surface area (TPSA) is 72.8 Å². The Morgan fingerprint density at radius 1 is 0.465 bits per heavy atom. The molecule has 0 rings (SSSR count). The monoisotopic (exact) mass is 611 g/mol. The van der Waals surface area contributed by atoms with Crippen LogP contribution in [0.25, 0.3) is 0 Å². The van der Waals surface area contributed by atoms with Crippen LogP contribution in [-0.2, 0) is 19.1 Å². The smallest absolute Gasteiger partial charge is 0.306 e. The second-order valence-corrected chi connectivity index (χ2v) is 14.0. The van der Waals surface area contributed by atoms with E-state index in [0.29, 0.717) is 12.8 Å². The summed E-state index contributed by atoms with van der Waals surface area (Å²) in [6.45, 7) is 8.80. The molecule has 0 heterocycles. The molecule has 256 valence electrons. The number of aliphatic hydroxyl groups is 1. The van der Waals surface area contributed by atoms with Crippen LogP contribution in [0.4, 0.5) is 0 Å². The average molecular weight is 611 g/mol. The zero-order chi connectivity index (χ0) is 31.8. The van der Waals surface area contributed by atoms with Gasteiger partial charge in [-0.3, -0.25) is 9.59 Å². The minimum absolute atomic E-state index is 0.0600. The molecule has 1 atom stereocenters. The lowest BCUT2D eigenvalue weighted by Crippen LogP contribution is -2.28. The van der Waals surface area contributed by atoms with Crippen molar-refractivity contribution < 1.29 is 24.2 Å². The summed E-state index contributed by atoms with van der Waals surface area (Å²) in [7, 11) is 0. The highest BCUT2D eigenvalue weighted by molar-refractivity contribution is 5.70. The van der Waals surface area contributed by atoms with Crippen molar-refractivity contribution in [3.8, 4) is 0 Å². The van der Waals surface area contributed by atoms with Gasteiger partial charge < -0.3 is 14.6 Å². The normalized spacial score (nSPS) is 12.3. The molecule has 0 radical (unpaired) electrons. The van der Waals surface area contributed by atoms with Crippen LogP contribution in [0, 0.1) is 11.8 Å². The van der Waals surface area contributed by atoms with Gasteiger partial charge in [0.2, 0.25) is 0 Å². The van der Waals surface area contributed by atoms with Crippen LogP contribution >= 0.6 is 0 Å². The summed E-state index contributed by atoms with van der Waals surface area (Å²) in [6.07, 6.45) is 31.7. The predicted octanol–water partition coefficient (Wildman–Crippen LogP) is 11.3. The number of hydrogen-bond donors (Lipinski definition) is 1. The predicted molar refractivity (Wildman–Crippen MR) is 182 cm³/mol. The molecule has 1 N–H and O–H groups in total. The second kappa shape index (κ2) is 32.3. The third-order valence-corrected chi connectivity index (χ3v) is 8.51. The molecule has 0 aliphatic rings. The fourth-order valence-corrected chi connectivity index (χ4v) is 5.63. The largest absolute Gasteiger partial charge is 0.462 e.